The van der Waals surface area contributed by atoms with Gasteiger partial charge in [-0.2, -0.15) is 0 Å². The summed E-state index contributed by atoms with van der Waals surface area (Å²) in [6, 6.07) is 17.0. The van der Waals surface area contributed by atoms with Crippen LogP contribution in [0.15, 0.2) is 54.6 Å². The van der Waals surface area contributed by atoms with Crippen LogP contribution in [0.25, 0.3) is 11.0 Å². The van der Waals surface area contributed by atoms with Gasteiger partial charge in [-0.3, -0.25) is 4.79 Å². The zero-order valence-electron chi connectivity index (χ0n) is 20.3. The van der Waals surface area contributed by atoms with Gasteiger partial charge in [-0.25, -0.2) is 4.98 Å². The Morgan fingerprint density at radius 2 is 1.68 bits per heavy atom. The number of fused-ring (bicyclic) bond motifs is 1. The predicted molar refractivity (Wildman–Crippen MR) is 138 cm³/mol. The molecule has 0 radical (unpaired) electrons. The monoisotopic (exact) mass is 475 g/mol. The van der Waals surface area contributed by atoms with Crippen molar-refractivity contribution in [3.05, 3.63) is 93.3 Å². The van der Waals surface area contributed by atoms with Crippen molar-refractivity contribution in [3.8, 4) is 5.75 Å². The highest BCUT2D eigenvalue weighted by Crippen LogP contribution is 2.27. The van der Waals surface area contributed by atoms with E-state index >= 15 is 0 Å². The lowest BCUT2D eigenvalue weighted by Crippen LogP contribution is -2.32. The van der Waals surface area contributed by atoms with E-state index in [4.69, 9.17) is 21.3 Å². The number of aromatic nitrogens is 2. The number of imidazole rings is 1. The van der Waals surface area contributed by atoms with E-state index < -0.39 is 0 Å². The summed E-state index contributed by atoms with van der Waals surface area (Å²) in [6.07, 6.45) is 0. The van der Waals surface area contributed by atoms with Crippen LogP contribution in [0.3, 0.4) is 0 Å². The Labute approximate surface area is 205 Å². The maximum atomic E-state index is 12.7. The fourth-order valence-corrected chi connectivity index (χ4v) is 4.44. The summed E-state index contributed by atoms with van der Waals surface area (Å²) in [5.74, 6) is 1.21. The Morgan fingerprint density at radius 3 is 2.35 bits per heavy atom. The van der Waals surface area contributed by atoms with Crippen LogP contribution in [0.2, 0.25) is 5.02 Å². The van der Waals surface area contributed by atoms with Crippen LogP contribution in [0.4, 0.5) is 0 Å². The summed E-state index contributed by atoms with van der Waals surface area (Å²) in [7, 11) is 0. The first-order valence-corrected chi connectivity index (χ1v) is 11.8. The van der Waals surface area contributed by atoms with Crippen molar-refractivity contribution in [2.24, 2.45) is 0 Å². The van der Waals surface area contributed by atoms with Crippen LogP contribution in [0.5, 0.6) is 5.75 Å². The van der Waals surface area contributed by atoms with Gasteiger partial charge in [-0.05, 0) is 98.8 Å². The summed E-state index contributed by atoms with van der Waals surface area (Å²) >= 11 is 5.91. The van der Waals surface area contributed by atoms with E-state index in [1.807, 2.05) is 25.1 Å². The number of benzene rings is 3. The highest BCUT2D eigenvalue weighted by Gasteiger charge is 2.20. The smallest absolute Gasteiger partial charge is 0.258 e. The van der Waals surface area contributed by atoms with Crippen LogP contribution >= 0.6 is 11.6 Å². The lowest BCUT2D eigenvalue weighted by atomic mass is 9.94. The van der Waals surface area contributed by atoms with E-state index in [1.54, 1.807) is 24.3 Å². The number of aryl methyl sites for hydroxylation is 2. The SMILES string of the molecule is Cc1cc(C)c(C)c(Cn2c(C(C)NC(=O)COc3ccc(Cl)cc3)nc3ccccc32)c1C. The van der Waals surface area contributed by atoms with Gasteiger partial charge in [0.25, 0.3) is 5.91 Å². The predicted octanol–water partition coefficient (Wildman–Crippen LogP) is 6.23. The molecule has 1 heterocycles. The first kappa shape index (κ1) is 23.8. The molecule has 3 aromatic carbocycles. The molecule has 0 fully saturated rings. The number of hydrogen-bond acceptors (Lipinski definition) is 3. The second kappa shape index (κ2) is 9.90. The van der Waals surface area contributed by atoms with Crippen molar-refractivity contribution in [1.82, 2.24) is 14.9 Å². The maximum absolute atomic E-state index is 12.7. The average molecular weight is 476 g/mol. The van der Waals surface area contributed by atoms with Crippen LogP contribution in [0, 0.1) is 27.7 Å². The van der Waals surface area contributed by atoms with E-state index in [1.165, 1.54) is 27.8 Å². The van der Waals surface area contributed by atoms with Crippen molar-refractivity contribution in [3.63, 3.8) is 0 Å². The van der Waals surface area contributed by atoms with Crippen LogP contribution in [-0.4, -0.2) is 22.1 Å². The second-order valence-corrected chi connectivity index (χ2v) is 9.25. The molecule has 1 amide bonds. The Hall–Kier alpha value is -3.31. The molecule has 1 N–H and O–H groups in total. The quantitative estimate of drug-likeness (QED) is 0.345. The van der Waals surface area contributed by atoms with E-state index in [0.29, 0.717) is 17.3 Å². The molecule has 0 saturated heterocycles. The molecule has 1 atom stereocenters. The highest BCUT2D eigenvalue weighted by molar-refractivity contribution is 6.30. The number of carbonyl (C=O) groups is 1. The summed E-state index contributed by atoms with van der Waals surface area (Å²) in [6.45, 7) is 11.2. The minimum atomic E-state index is -0.291. The molecule has 0 saturated carbocycles. The second-order valence-electron chi connectivity index (χ2n) is 8.82. The summed E-state index contributed by atoms with van der Waals surface area (Å²) < 4.78 is 7.82. The molecule has 4 aromatic rings. The van der Waals surface area contributed by atoms with Gasteiger partial charge in [0.05, 0.1) is 17.1 Å². The average Bonchev–Trinajstić information content (AvgIpc) is 3.19. The summed E-state index contributed by atoms with van der Waals surface area (Å²) in [5, 5.41) is 3.67. The third kappa shape index (κ3) is 4.95. The molecule has 0 aliphatic rings. The number of ether oxygens (including phenoxy) is 1. The minimum Gasteiger partial charge on any atom is -0.484 e. The van der Waals surface area contributed by atoms with E-state index in [2.05, 4.69) is 49.7 Å². The molecular weight excluding hydrogens is 446 g/mol. The number of nitrogens with one attached hydrogen (secondary N) is 1. The first-order chi connectivity index (χ1) is 16.2. The molecule has 5 nitrogen and oxygen atoms in total. The molecule has 4 rings (SSSR count). The molecular formula is C28H30ClN3O2. The van der Waals surface area contributed by atoms with E-state index in [9.17, 15) is 4.79 Å². The Bertz CT molecular complexity index is 1320. The van der Waals surface area contributed by atoms with Crippen molar-refractivity contribution in [2.45, 2.75) is 47.2 Å². The topological polar surface area (TPSA) is 56.2 Å². The molecule has 176 valence electrons. The summed E-state index contributed by atoms with van der Waals surface area (Å²) in [4.78, 5) is 17.5. The number of nitrogens with zero attached hydrogens (tertiary/aromatic N) is 2. The van der Waals surface area contributed by atoms with Gasteiger partial charge in [0.1, 0.15) is 11.6 Å². The molecule has 6 heteroatoms. The lowest BCUT2D eigenvalue weighted by molar-refractivity contribution is -0.123. The van der Waals surface area contributed by atoms with Crippen LogP contribution in [0.1, 0.15) is 46.6 Å². The van der Waals surface area contributed by atoms with Gasteiger partial charge < -0.3 is 14.6 Å². The first-order valence-electron chi connectivity index (χ1n) is 11.4. The van der Waals surface area contributed by atoms with E-state index in [0.717, 1.165) is 16.9 Å². The maximum Gasteiger partial charge on any atom is 0.258 e. The number of halogens is 1. The zero-order chi connectivity index (χ0) is 24.4. The Morgan fingerprint density at radius 1 is 1.03 bits per heavy atom. The number of hydrogen-bond donors (Lipinski definition) is 1. The third-order valence-corrected chi connectivity index (χ3v) is 6.72. The number of para-hydroxylation sites is 2. The van der Waals surface area contributed by atoms with Crippen molar-refractivity contribution >= 4 is 28.5 Å². The molecule has 34 heavy (non-hydrogen) atoms. The standard InChI is InChI=1S/C28H30ClN3O2/c1-17-14-18(2)20(4)24(19(17)3)15-32-26-9-7-6-8-25(26)31-28(32)21(5)30-27(33)16-34-23-12-10-22(29)11-13-23/h6-14,21H,15-16H2,1-5H3,(H,30,33). The normalized spacial score (nSPS) is 12.1. The highest BCUT2D eigenvalue weighted by atomic mass is 35.5. The molecule has 1 unspecified atom stereocenters. The largest absolute Gasteiger partial charge is 0.484 e. The van der Waals surface area contributed by atoms with Gasteiger partial charge in [-0.1, -0.05) is 29.8 Å². The minimum absolute atomic E-state index is 0.0819. The number of rotatable bonds is 7. The van der Waals surface area contributed by atoms with Crippen molar-refractivity contribution in [1.29, 1.82) is 0 Å². The zero-order valence-corrected chi connectivity index (χ0v) is 21.0. The van der Waals surface area contributed by atoms with Crippen molar-refractivity contribution < 1.29 is 9.53 Å². The van der Waals surface area contributed by atoms with Crippen LogP contribution in [-0.2, 0) is 11.3 Å². The van der Waals surface area contributed by atoms with Gasteiger partial charge in [0.15, 0.2) is 6.61 Å². The summed E-state index contributed by atoms with van der Waals surface area (Å²) in [5.41, 5.74) is 8.41. The number of carbonyl (C=O) groups excluding carboxylic acids is 1. The Kier molecular flexibility index (Phi) is 6.94. The van der Waals surface area contributed by atoms with Gasteiger partial charge in [0.2, 0.25) is 0 Å². The van der Waals surface area contributed by atoms with Crippen LogP contribution < -0.4 is 10.1 Å². The van der Waals surface area contributed by atoms with E-state index in [-0.39, 0.29) is 18.6 Å². The number of amides is 1. The molecule has 0 aliphatic carbocycles. The van der Waals surface area contributed by atoms with Gasteiger partial charge in [-0.15, -0.1) is 0 Å². The third-order valence-electron chi connectivity index (χ3n) is 6.47. The fraction of sp³-hybridized carbons (Fsp3) is 0.286. The van der Waals surface area contributed by atoms with Gasteiger partial charge in [0, 0.05) is 11.6 Å². The lowest BCUT2D eigenvalue weighted by Gasteiger charge is -2.20. The molecule has 1 aromatic heterocycles. The molecule has 0 aliphatic heterocycles. The van der Waals surface area contributed by atoms with Crippen molar-refractivity contribution in [2.75, 3.05) is 6.61 Å². The Balaban J connectivity index is 1.60. The molecule has 0 bridgehead atoms. The fourth-order valence-electron chi connectivity index (χ4n) is 4.31. The van der Waals surface area contributed by atoms with Gasteiger partial charge >= 0.3 is 0 Å². The molecule has 0 spiro atoms.